The smallest absolute Gasteiger partial charge is 0.253 e. The van der Waals surface area contributed by atoms with Crippen molar-refractivity contribution in [1.29, 1.82) is 0 Å². The van der Waals surface area contributed by atoms with E-state index in [0.29, 0.717) is 30.0 Å². The number of hydrogen-bond donors (Lipinski definition) is 1. The summed E-state index contributed by atoms with van der Waals surface area (Å²) in [5.41, 5.74) is 2.19. The number of nitrogens with one attached hydrogen (secondary N) is 1. The van der Waals surface area contributed by atoms with E-state index in [2.05, 4.69) is 5.32 Å². The van der Waals surface area contributed by atoms with E-state index in [1.807, 2.05) is 41.3 Å². The Hall–Kier alpha value is -2.47. The molecule has 1 saturated heterocycles. The van der Waals surface area contributed by atoms with Gasteiger partial charge >= 0.3 is 0 Å². The highest BCUT2D eigenvalue weighted by molar-refractivity contribution is 7.83. The van der Waals surface area contributed by atoms with Gasteiger partial charge in [-0.1, -0.05) is 30.3 Å². The minimum atomic E-state index is -0.934. The van der Waals surface area contributed by atoms with Crippen LogP contribution >= 0.6 is 0 Å². The van der Waals surface area contributed by atoms with Crippen LogP contribution in [0.2, 0.25) is 0 Å². The molecule has 142 valence electrons. The molecule has 27 heavy (non-hydrogen) atoms. The number of hydrogen-bond acceptors (Lipinski definition) is 3. The Morgan fingerprint density at radius 2 is 1.70 bits per heavy atom. The van der Waals surface area contributed by atoms with Crippen LogP contribution in [0.25, 0.3) is 0 Å². The molecule has 2 amide bonds. The van der Waals surface area contributed by atoms with Gasteiger partial charge in [0.2, 0.25) is 0 Å². The first kappa shape index (κ1) is 19.3. The van der Waals surface area contributed by atoms with Gasteiger partial charge in [0, 0.05) is 53.1 Å². The van der Waals surface area contributed by atoms with Crippen LogP contribution in [0.15, 0.2) is 54.6 Å². The Balaban J connectivity index is 1.55. The summed E-state index contributed by atoms with van der Waals surface area (Å²) in [5, 5.41) is 3.05. The molecule has 0 radical (unpaired) electrons. The number of benzene rings is 2. The molecule has 0 aliphatic carbocycles. The topological polar surface area (TPSA) is 66.5 Å². The average molecular weight is 385 g/mol. The van der Waals surface area contributed by atoms with Crippen LogP contribution in [0.5, 0.6) is 0 Å². The van der Waals surface area contributed by atoms with Crippen LogP contribution in [-0.2, 0) is 16.6 Å². The molecule has 2 aromatic rings. The highest BCUT2D eigenvalue weighted by Crippen LogP contribution is 2.16. The first-order valence-corrected chi connectivity index (χ1v) is 10.8. The predicted octanol–water partition coefficient (Wildman–Crippen LogP) is 2.60. The van der Waals surface area contributed by atoms with E-state index in [4.69, 9.17) is 0 Å². The van der Waals surface area contributed by atoms with E-state index in [1.54, 1.807) is 24.5 Å². The summed E-state index contributed by atoms with van der Waals surface area (Å²) in [6.07, 6.45) is 3.13. The van der Waals surface area contributed by atoms with Crippen molar-refractivity contribution in [2.24, 2.45) is 0 Å². The van der Waals surface area contributed by atoms with Crippen LogP contribution < -0.4 is 5.32 Å². The van der Waals surface area contributed by atoms with Crippen molar-refractivity contribution < 1.29 is 13.8 Å². The second-order valence-electron chi connectivity index (χ2n) is 6.82. The van der Waals surface area contributed by atoms with Gasteiger partial charge in [0.1, 0.15) is 0 Å². The number of carbonyl (C=O) groups is 2. The summed E-state index contributed by atoms with van der Waals surface area (Å²) in [5.74, 6) is 0.376. The van der Waals surface area contributed by atoms with Crippen molar-refractivity contribution in [2.75, 3.05) is 19.3 Å². The molecule has 6 heteroatoms. The Morgan fingerprint density at radius 1 is 1.04 bits per heavy atom. The van der Waals surface area contributed by atoms with Crippen LogP contribution in [-0.4, -0.2) is 46.3 Å². The van der Waals surface area contributed by atoms with Gasteiger partial charge in [0.15, 0.2) is 0 Å². The minimum absolute atomic E-state index is 0.00780. The van der Waals surface area contributed by atoms with E-state index in [9.17, 15) is 13.8 Å². The maximum Gasteiger partial charge on any atom is 0.253 e. The summed E-state index contributed by atoms with van der Waals surface area (Å²) in [7, 11) is -0.934. The molecular weight excluding hydrogens is 360 g/mol. The number of rotatable bonds is 5. The summed E-state index contributed by atoms with van der Waals surface area (Å²) >= 11 is 0. The zero-order chi connectivity index (χ0) is 19.2. The molecule has 1 aliphatic heterocycles. The van der Waals surface area contributed by atoms with Crippen LogP contribution in [0.4, 0.5) is 0 Å². The van der Waals surface area contributed by atoms with Gasteiger partial charge < -0.3 is 10.2 Å². The molecule has 1 heterocycles. The van der Waals surface area contributed by atoms with Crippen LogP contribution in [0, 0.1) is 0 Å². The number of nitrogens with zero attached hydrogens (tertiary/aromatic N) is 1. The molecule has 3 rings (SSSR count). The van der Waals surface area contributed by atoms with Gasteiger partial charge in [0.25, 0.3) is 11.8 Å². The quantitative estimate of drug-likeness (QED) is 0.862. The SMILES string of the molecule is CS(=O)Cc1cccc(C(=O)N2CCC(NC(=O)c3ccccc3)CC2)c1. The molecule has 2 aromatic carbocycles. The molecule has 1 N–H and O–H groups in total. The van der Waals surface area contributed by atoms with E-state index in [0.717, 1.165) is 18.4 Å². The fraction of sp³-hybridized carbons (Fsp3) is 0.333. The second kappa shape index (κ2) is 8.95. The molecule has 5 nitrogen and oxygen atoms in total. The Bertz CT molecular complexity index is 830. The molecule has 0 spiro atoms. The van der Waals surface area contributed by atoms with Crippen LogP contribution in [0.1, 0.15) is 39.1 Å². The zero-order valence-electron chi connectivity index (χ0n) is 15.4. The van der Waals surface area contributed by atoms with Gasteiger partial charge in [-0.05, 0) is 42.7 Å². The second-order valence-corrected chi connectivity index (χ2v) is 8.26. The zero-order valence-corrected chi connectivity index (χ0v) is 16.2. The fourth-order valence-corrected chi connectivity index (χ4v) is 3.95. The molecule has 1 unspecified atom stereocenters. The molecule has 0 saturated carbocycles. The number of piperidine rings is 1. The standard InChI is InChI=1S/C21H24N2O3S/c1-27(26)15-16-6-5-9-18(14-16)21(25)23-12-10-19(11-13-23)22-20(24)17-7-3-2-4-8-17/h2-9,14,19H,10-13,15H2,1H3,(H,22,24). The minimum Gasteiger partial charge on any atom is -0.349 e. The van der Waals surface area contributed by atoms with Gasteiger partial charge in [-0.25, -0.2) is 0 Å². The lowest BCUT2D eigenvalue weighted by Gasteiger charge is -2.32. The summed E-state index contributed by atoms with van der Waals surface area (Å²) in [6, 6.07) is 16.6. The van der Waals surface area contributed by atoms with E-state index < -0.39 is 10.8 Å². The van der Waals surface area contributed by atoms with Gasteiger partial charge in [-0.2, -0.15) is 0 Å². The first-order chi connectivity index (χ1) is 13.0. The number of carbonyl (C=O) groups excluding carboxylic acids is 2. The number of likely N-dealkylation sites (tertiary alicyclic amines) is 1. The van der Waals surface area contributed by atoms with Crippen molar-refractivity contribution in [3.63, 3.8) is 0 Å². The Kier molecular flexibility index (Phi) is 6.40. The largest absolute Gasteiger partial charge is 0.349 e. The van der Waals surface area contributed by atoms with Crippen molar-refractivity contribution in [1.82, 2.24) is 10.2 Å². The lowest BCUT2D eigenvalue weighted by molar-refractivity contribution is 0.0698. The van der Waals surface area contributed by atoms with Gasteiger partial charge in [-0.3, -0.25) is 13.8 Å². The Labute approximate surface area is 162 Å². The summed E-state index contributed by atoms with van der Waals surface area (Å²) < 4.78 is 11.4. The maximum absolute atomic E-state index is 12.8. The van der Waals surface area contributed by atoms with Crippen molar-refractivity contribution >= 4 is 22.6 Å². The lowest BCUT2D eigenvalue weighted by Crippen LogP contribution is -2.46. The number of amides is 2. The predicted molar refractivity (Wildman–Crippen MR) is 107 cm³/mol. The van der Waals surface area contributed by atoms with E-state index >= 15 is 0 Å². The highest BCUT2D eigenvalue weighted by atomic mass is 32.2. The van der Waals surface area contributed by atoms with E-state index in [1.165, 1.54) is 0 Å². The molecular formula is C21H24N2O3S. The summed E-state index contributed by atoms with van der Waals surface area (Å²) in [4.78, 5) is 26.8. The fourth-order valence-electron chi connectivity index (χ4n) is 3.30. The third kappa shape index (κ3) is 5.26. The monoisotopic (exact) mass is 384 g/mol. The normalized spacial score (nSPS) is 16.0. The lowest BCUT2D eigenvalue weighted by atomic mass is 10.0. The van der Waals surface area contributed by atoms with Crippen molar-refractivity contribution in [2.45, 2.75) is 24.6 Å². The molecule has 0 bridgehead atoms. The van der Waals surface area contributed by atoms with Crippen molar-refractivity contribution in [3.8, 4) is 0 Å². The molecule has 1 atom stereocenters. The van der Waals surface area contributed by atoms with Gasteiger partial charge in [-0.15, -0.1) is 0 Å². The molecule has 1 aliphatic rings. The first-order valence-electron chi connectivity index (χ1n) is 9.07. The van der Waals surface area contributed by atoms with Gasteiger partial charge in [0.05, 0.1) is 0 Å². The third-order valence-electron chi connectivity index (χ3n) is 4.70. The van der Waals surface area contributed by atoms with Crippen LogP contribution in [0.3, 0.4) is 0 Å². The van der Waals surface area contributed by atoms with Crippen molar-refractivity contribution in [3.05, 3.63) is 71.3 Å². The summed E-state index contributed by atoms with van der Waals surface area (Å²) in [6.45, 7) is 1.23. The molecule has 1 fully saturated rings. The average Bonchev–Trinajstić information content (AvgIpc) is 2.68. The third-order valence-corrected chi connectivity index (χ3v) is 5.44. The van der Waals surface area contributed by atoms with E-state index in [-0.39, 0.29) is 17.9 Å². The Morgan fingerprint density at radius 3 is 2.37 bits per heavy atom. The highest BCUT2D eigenvalue weighted by Gasteiger charge is 2.25. The molecule has 0 aromatic heterocycles. The maximum atomic E-state index is 12.8.